The van der Waals surface area contributed by atoms with Crippen LogP contribution in [-0.4, -0.2) is 24.0 Å². The quantitative estimate of drug-likeness (QED) is 0.452. The number of pyridine rings is 1. The van der Waals surface area contributed by atoms with E-state index in [-0.39, 0.29) is 5.57 Å². The van der Waals surface area contributed by atoms with Gasteiger partial charge in [-0.3, -0.25) is 4.79 Å². The SMILES string of the molecule is COC(=O)C=Cc1cccc(C=C(C#N)C(=O)NC2(c3ccccc3)CCCC2)n1. The van der Waals surface area contributed by atoms with E-state index in [0.29, 0.717) is 11.4 Å². The van der Waals surface area contributed by atoms with E-state index >= 15 is 0 Å². The van der Waals surface area contributed by atoms with Crippen LogP contribution in [0.3, 0.4) is 0 Å². The first-order valence-corrected chi connectivity index (χ1v) is 9.79. The van der Waals surface area contributed by atoms with Crippen LogP contribution in [0, 0.1) is 11.3 Å². The van der Waals surface area contributed by atoms with Crippen LogP contribution in [0.4, 0.5) is 0 Å². The Bertz CT molecular complexity index is 1010. The molecule has 0 spiro atoms. The maximum Gasteiger partial charge on any atom is 0.330 e. The van der Waals surface area contributed by atoms with Gasteiger partial charge in [-0.15, -0.1) is 0 Å². The van der Waals surface area contributed by atoms with Gasteiger partial charge in [0.2, 0.25) is 0 Å². The number of hydrogen-bond donors (Lipinski definition) is 1. The van der Waals surface area contributed by atoms with Crippen molar-refractivity contribution in [2.24, 2.45) is 0 Å². The van der Waals surface area contributed by atoms with E-state index in [4.69, 9.17) is 0 Å². The molecule has 152 valence electrons. The minimum Gasteiger partial charge on any atom is -0.466 e. The van der Waals surface area contributed by atoms with Crippen LogP contribution in [-0.2, 0) is 19.9 Å². The first-order valence-electron chi connectivity index (χ1n) is 9.79. The van der Waals surface area contributed by atoms with Gasteiger partial charge in [-0.2, -0.15) is 5.26 Å². The number of aromatic nitrogens is 1. The first-order chi connectivity index (χ1) is 14.6. The minimum absolute atomic E-state index is 0.0150. The molecule has 1 aliphatic rings. The summed E-state index contributed by atoms with van der Waals surface area (Å²) in [5.41, 5.74) is 1.56. The molecule has 0 unspecified atom stereocenters. The molecule has 1 N–H and O–H groups in total. The van der Waals surface area contributed by atoms with Crippen LogP contribution in [0.15, 0.2) is 60.2 Å². The standard InChI is InChI=1S/C24H23N3O3/c1-30-22(28)13-12-20-10-7-11-21(26-20)16-18(17-25)23(29)27-24(14-5-6-15-24)19-8-3-2-4-9-19/h2-4,7-13,16H,5-6,14-15H2,1H3,(H,27,29). The van der Waals surface area contributed by atoms with Crippen molar-refractivity contribution in [3.05, 3.63) is 77.1 Å². The summed E-state index contributed by atoms with van der Waals surface area (Å²) in [6, 6.07) is 17.0. The third-order valence-corrected chi connectivity index (χ3v) is 5.18. The largest absolute Gasteiger partial charge is 0.466 e. The maximum atomic E-state index is 12.9. The molecule has 1 saturated carbocycles. The van der Waals surface area contributed by atoms with Crippen molar-refractivity contribution in [1.29, 1.82) is 5.26 Å². The number of nitrogens with zero attached hydrogens (tertiary/aromatic N) is 2. The third kappa shape index (κ3) is 5.00. The van der Waals surface area contributed by atoms with Gasteiger partial charge in [0.05, 0.1) is 24.0 Å². The molecule has 0 bridgehead atoms. The van der Waals surface area contributed by atoms with Crippen LogP contribution in [0.1, 0.15) is 42.6 Å². The zero-order valence-corrected chi connectivity index (χ0v) is 16.8. The zero-order valence-electron chi connectivity index (χ0n) is 16.8. The number of nitriles is 1. The molecule has 1 amide bonds. The number of nitrogens with one attached hydrogen (secondary N) is 1. The lowest BCUT2D eigenvalue weighted by Gasteiger charge is -2.31. The molecule has 1 aromatic carbocycles. The van der Waals surface area contributed by atoms with Crippen molar-refractivity contribution >= 4 is 24.0 Å². The summed E-state index contributed by atoms with van der Waals surface area (Å²) in [6.07, 6.45) is 7.96. The Morgan fingerprint density at radius 3 is 2.47 bits per heavy atom. The van der Waals surface area contributed by atoms with E-state index in [2.05, 4.69) is 15.0 Å². The molecule has 30 heavy (non-hydrogen) atoms. The van der Waals surface area contributed by atoms with Crippen molar-refractivity contribution in [3.8, 4) is 6.07 Å². The van der Waals surface area contributed by atoms with E-state index < -0.39 is 17.4 Å². The summed E-state index contributed by atoms with van der Waals surface area (Å²) >= 11 is 0. The second-order valence-corrected chi connectivity index (χ2v) is 7.12. The predicted molar refractivity (Wildman–Crippen MR) is 114 cm³/mol. The lowest BCUT2D eigenvalue weighted by atomic mass is 9.88. The van der Waals surface area contributed by atoms with Gasteiger partial charge >= 0.3 is 5.97 Å². The molecule has 0 aliphatic heterocycles. The van der Waals surface area contributed by atoms with Gasteiger partial charge in [0.15, 0.2) is 0 Å². The van der Waals surface area contributed by atoms with Crippen molar-refractivity contribution in [2.75, 3.05) is 7.11 Å². The number of carbonyl (C=O) groups is 2. The highest BCUT2D eigenvalue weighted by Crippen LogP contribution is 2.38. The smallest absolute Gasteiger partial charge is 0.330 e. The molecule has 0 radical (unpaired) electrons. The molecule has 6 nitrogen and oxygen atoms in total. The molecule has 1 aliphatic carbocycles. The van der Waals surface area contributed by atoms with Crippen molar-refractivity contribution in [1.82, 2.24) is 10.3 Å². The lowest BCUT2D eigenvalue weighted by Crippen LogP contribution is -2.44. The first kappa shape index (κ1) is 21.0. The Morgan fingerprint density at radius 1 is 1.10 bits per heavy atom. The van der Waals surface area contributed by atoms with Crippen LogP contribution in [0.5, 0.6) is 0 Å². The van der Waals surface area contributed by atoms with Crippen LogP contribution in [0.2, 0.25) is 0 Å². The Labute approximate surface area is 175 Å². The number of hydrogen-bond acceptors (Lipinski definition) is 5. The second kappa shape index (κ2) is 9.66. The average molecular weight is 401 g/mol. The number of methoxy groups -OCH3 is 1. The van der Waals surface area contributed by atoms with Crippen LogP contribution in [0.25, 0.3) is 12.2 Å². The van der Waals surface area contributed by atoms with Gasteiger partial charge in [0.25, 0.3) is 5.91 Å². The molecule has 2 aromatic rings. The summed E-state index contributed by atoms with van der Waals surface area (Å²) in [5, 5.41) is 12.7. The molecular weight excluding hydrogens is 378 g/mol. The highest BCUT2D eigenvalue weighted by Gasteiger charge is 2.37. The van der Waals surface area contributed by atoms with Gasteiger partial charge in [0, 0.05) is 6.08 Å². The van der Waals surface area contributed by atoms with Crippen LogP contribution >= 0.6 is 0 Å². The summed E-state index contributed by atoms with van der Waals surface area (Å²) in [7, 11) is 1.30. The van der Waals surface area contributed by atoms with E-state index in [9.17, 15) is 14.9 Å². The van der Waals surface area contributed by atoms with Crippen molar-refractivity contribution in [3.63, 3.8) is 0 Å². The Kier molecular flexibility index (Phi) is 6.76. The number of carbonyl (C=O) groups excluding carboxylic acids is 2. The number of amides is 1. The van der Waals surface area contributed by atoms with E-state index in [1.807, 2.05) is 36.4 Å². The van der Waals surface area contributed by atoms with E-state index in [1.165, 1.54) is 25.3 Å². The second-order valence-electron chi connectivity index (χ2n) is 7.12. The average Bonchev–Trinajstić information content (AvgIpc) is 3.26. The monoisotopic (exact) mass is 401 g/mol. The van der Waals surface area contributed by atoms with Gasteiger partial charge < -0.3 is 10.1 Å². The number of esters is 1. The summed E-state index contributed by atoms with van der Waals surface area (Å²) in [5.74, 6) is -0.904. The fourth-order valence-electron chi connectivity index (χ4n) is 3.67. The zero-order chi connectivity index (χ0) is 21.4. The molecule has 0 atom stereocenters. The minimum atomic E-state index is -0.488. The molecule has 6 heteroatoms. The third-order valence-electron chi connectivity index (χ3n) is 5.18. The van der Waals surface area contributed by atoms with E-state index in [0.717, 1.165) is 31.2 Å². The van der Waals surface area contributed by atoms with Gasteiger partial charge in [0.1, 0.15) is 11.6 Å². The molecule has 0 saturated heterocycles. The van der Waals surface area contributed by atoms with E-state index in [1.54, 1.807) is 18.2 Å². The lowest BCUT2D eigenvalue weighted by molar-refractivity contribution is -0.134. The van der Waals surface area contributed by atoms with Crippen LogP contribution < -0.4 is 5.32 Å². The number of benzene rings is 1. The molecule has 3 rings (SSSR count). The Hall–Kier alpha value is -3.72. The summed E-state index contributed by atoms with van der Waals surface area (Å²) in [6.45, 7) is 0. The predicted octanol–water partition coefficient (Wildman–Crippen LogP) is 3.76. The van der Waals surface area contributed by atoms with Crippen molar-refractivity contribution < 1.29 is 14.3 Å². The fourth-order valence-corrected chi connectivity index (χ4v) is 3.67. The Morgan fingerprint density at radius 2 is 1.80 bits per heavy atom. The Balaban J connectivity index is 1.83. The molecular formula is C24H23N3O3. The summed E-state index contributed by atoms with van der Waals surface area (Å²) in [4.78, 5) is 28.6. The number of ether oxygens (including phenoxy) is 1. The molecule has 1 aromatic heterocycles. The topological polar surface area (TPSA) is 92.1 Å². The highest BCUT2D eigenvalue weighted by molar-refractivity contribution is 6.02. The summed E-state index contributed by atoms with van der Waals surface area (Å²) < 4.78 is 4.56. The normalized spacial score (nSPS) is 15.5. The maximum absolute atomic E-state index is 12.9. The fraction of sp³-hybridized carbons (Fsp3) is 0.250. The van der Waals surface area contributed by atoms with Gasteiger partial charge in [-0.05, 0) is 42.7 Å². The number of rotatable bonds is 6. The van der Waals surface area contributed by atoms with Gasteiger partial charge in [-0.1, -0.05) is 49.2 Å². The molecule has 1 heterocycles. The van der Waals surface area contributed by atoms with Crippen molar-refractivity contribution in [2.45, 2.75) is 31.2 Å². The highest BCUT2D eigenvalue weighted by atomic mass is 16.5. The van der Waals surface area contributed by atoms with Gasteiger partial charge in [-0.25, -0.2) is 9.78 Å². The molecule has 1 fully saturated rings.